The summed E-state index contributed by atoms with van der Waals surface area (Å²) in [5.41, 5.74) is 6.60. The van der Waals surface area contributed by atoms with Crippen LogP contribution in [0.25, 0.3) is 0 Å². The fourth-order valence-corrected chi connectivity index (χ4v) is 4.42. The second-order valence-electron chi connectivity index (χ2n) is 5.79. The van der Waals surface area contributed by atoms with Gasteiger partial charge in [-0.1, -0.05) is 25.5 Å². The molecule has 0 saturated carbocycles. The molecule has 2 N–H and O–H groups in total. The van der Waals surface area contributed by atoms with Crippen molar-refractivity contribution in [2.45, 2.75) is 43.9 Å². The van der Waals surface area contributed by atoms with Crippen LogP contribution in [-0.4, -0.2) is 32.4 Å². The predicted octanol–water partition coefficient (Wildman–Crippen LogP) is 2.39. The first-order valence-corrected chi connectivity index (χ1v) is 9.31. The van der Waals surface area contributed by atoms with Gasteiger partial charge in [-0.15, -0.1) is 0 Å². The molecule has 21 heavy (non-hydrogen) atoms. The Hall–Kier alpha value is -0.910. The summed E-state index contributed by atoms with van der Waals surface area (Å²) in [5, 5.41) is 0. The Labute approximate surface area is 128 Å². The van der Waals surface area contributed by atoms with Crippen molar-refractivity contribution in [3.05, 3.63) is 29.8 Å². The number of hydrogen-bond donors (Lipinski definition) is 1. The number of hydrogen-bond acceptors (Lipinski definition) is 3. The minimum absolute atomic E-state index is 0.401. The molecule has 1 fully saturated rings. The SMILES string of the molecule is CCC1CCCN(S(=O)(=O)c2ccc(CCN)cc2)CC1. The average molecular weight is 310 g/mol. The van der Waals surface area contributed by atoms with Crippen LogP contribution in [0.3, 0.4) is 0 Å². The van der Waals surface area contributed by atoms with Gasteiger partial charge in [0.1, 0.15) is 0 Å². The van der Waals surface area contributed by atoms with Crippen molar-refractivity contribution < 1.29 is 8.42 Å². The van der Waals surface area contributed by atoms with Crippen molar-refractivity contribution in [3.63, 3.8) is 0 Å². The van der Waals surface area contributed by atoms with Crippen molar-refractivity contribution >= 4 is 10.0 Å². The van der Waals surface area contributed by atoms with E-state index in [9.17, 15) is 8.42 Å². The second-order valence-corrected chi connectivity index (χ2v) is 7.73. The Morgan fingerprint density at radius 2 is 1.90 bits per heavy atom. The molecule has 1 heterocycles. The van der Waals surface area contributed by atoms with Crippen LogP contribution in [0.5, 0.6) is 0 Å². The third-order valence-electron chi connectivity index (χ3n) is 4.38. The van der Waals surface area contributed by atoms with E-state index in [1.807, 2.05) is 12.1 Å². The molecule has 0 radical (unpaired) electrons. The van der Waals surface area contributed by atoms with E-state index >= 15 is 0 Å². The van der Waals surface area contributed by atoms with Gasteiger partial charge in [0.15, 0.2) is 0 Å². The zero-order valence-corrected chi connectivity index (χ0v) is 13.6. The van der Waals surface area contributed by atoms with Gasteiger partial charge in [0.25, 0.3) is 0 Å². The van der Waals surface area contributed by atoms with Crippen LogP contribution in [0.4, 0.5) is 0 Å². The third-order valence-corrected chi connectivity index (χ3v) is 6.29. The largest absolute Gasteiger partial charge is 0.330 e. The highest BCUT2D eigenvalue weighted by molar-refractivity contribution is 7.89. The zero-order chi connectivity index (χ0) is 15.3. The van der Waals surface area contributed by atoms with Gasteiger partial charge in [-0.2, -0.15) is 4.31 Å². The van der Waals surface area contributed by atoms with Gasteiger partial charge in [0.05, 0.1) is 4.90 Å². The standard InChI is InChI=1S/C16H26N2O2S/c1-2-14-4-3-12-18(13-10-14)21(19,20)16-7-5-15(6-8-16)9-11-17/h5-8,14H,2-4,9-13,17H2,1H3. The number of rotatable bonds is 5. The topological polar surface area (TPSA) is 63.4 Å². The van der Waals surface area contributed by atoms with Crippen LogP contribution < -0.4 is 5.73 Å². The molecule has 0 aliphatic carbocycles. The van der Waals surface area contributed by atoms with E-state index in [1.165, 1.54) is 0 Å². The van der Waals surface area contributed by atoms with Gasteiger partial charge in [-0.3, -0.25) is 0 Å². The number of nitrogens with zero attached hydrogens (tertiary/aromatic N) is 1. The summed E-state index contributed by atoms with van der Waals surface area (Å²) >= 11 is 0. The van der Waals surface area contributed by atoms with Crippen LogP contribution in [-0.2, 0) is 16.4 Å². The van der Waals surface area contributed by atoms with Gasteiger partial charge in [0.2, 0.25) is 10.0 Å². The van der Waals surface area contributed by atoms with E-state index in [4.69, 9.17) is 5.73 Å². The summed E-state index contributed by atoms with van der Waals surface area (Å²) in [6.45, 7) is 4.05. The van der Waals surface area contributed by atoms with E-state index < -0.39 is 10.0 Å². The monoisotopic (exact) mass is 310 g/mol. The van der Waals surface area contributed by atoms with Crippen molar-refractivity contribution in [3.8, 4) is 0 Å². The van der Waals surface area contributed by atoms with Gasteiger partial charge >= 0.3 is 0 Å². The van der Waals surface area contributed by atoms with Crippen LogP contribution in [0, 0.1) is 5.92 Å². The molecule has 1 aliphatic rings. The summed E-state index contributed by atoms with van der Waals surface area (Å²) in [5.74, 6) is 0.664. The second kappa shape index (κ2) is 7.38. The fraction of sp³-hybridized carbons (Fsp3) is 0.625. The Balaban J connectivity index is 2.13. The summed E-state index contributed by atoms with van der Waals surface area (Å²) in [7, 11) is -3.35. The molecule has 2 rings (SSSR count). The van der Waals surface area contributed by atoms with E-state index in [2.05, 4.69) is 6.92 Å². The third kappa shape index (κ3) is 4.05. The number of nitrogens with two attached hydrogens (primary N) is 1. The quantitative estimate of drug-likeness (QED) is 0.908. The van der Waals surface area contributed by atoms with Crippen LogP contribution in [0.1, 0.15) is 38.2 Å². The molecule has 0 bridgehead atoms. The Kier molecular flexibility index (Phi) is 5.79. The van der Waals surface area contributed by atoms with E-state index in [0.29, 0.717) is 30.4 Å². The maximum absolute atomic E-state index is 12.7. The molecule has 0 amide bonds. The zero-order valence-electron chi connectivity index (χ0n) is 12.8. The molecule has 4 nitrogen and oxygen atoms in total. The Morgan fingerprint density at radius 1 is 1.19 bits per heavy atom. The van der Waals surface area contributed by atoms with Crippen LogP contribution in [0.2, 0.25) is 0 Å². The molecule has 1 aromatic rings. The molecular weight excluding hydrogens is 284 g/mol. The fourth-order valence-electron chi connectivity index (χ4n) is 2.93. The normalized spacial score (nSPS) is 21.1. The lowest BCUT2D eigenvalue weighted by atomic mass is 9.98. The van der Waals surface area contributed by atoms with Crippen molar-refractivity contribution in [1.29, 1.82) is 0 Å². The van der Waals surface area contributed by atoms with Gasteiger partial charge in [-0.05, 0) is 55.8 Å². The lowest BCUT2D eigenvalue weighted by molar-refractivity contribution is 0.407. The van der Waals surface area contributed by atoms with E-state index in [-0.39, 0.29) is 0 Å². The number of benzene rings is 1. The molecule has 118 valence electrons. The number of sulfonamides is 1. The summed E-state index contributed by atoms with van der Waals surface area (Å²) < 4.78 is 27.1. The molecule has 0 aromatic heterocycles. The molecule has 0 spiro atoms. The predicted molar refractivity (Wildman–Crippen MR) is 85.6 cm³/mol. The minimum Gasteiger partial charge on any atom is -0.330 e. The first-order chi connectivity index (χ1) is 10.1. The van der Waals surface area contributed by atoms with Crippen molar-refractivity contribution in [2.24, 2.45) is 11.7 Å². The van der Waals surface area contributed by atoms with Crippen LogP contribution in [0.15, 0.2) is 29.2 Å². The molecule has 1 saturated heterocycles. The van der Waals surface area contributed by atoms with Crippen LogP contribution >= 0.6 is 0 Å². The molecular formula is C16H26N2O2S. The maximum Gasteiger partial charge on any atom is 0.243 e. The van der Waals surface area contributed by atoms with Gasteiger partial charge in [-0.25, -0.2) is 8.42 Å². The molecule has 1 aromatic carbocycles. The average Bonchev–Trinajstić information content (AvgIpc) is 2.74. The Morgan fingerprint density at radius 3 is 2.52 bits per heavy atom. The van der Waals surface area contributed by atoms with Gasteiger partial charge in [0, 0.05) is 13.1 Å². The highest BCUT2D eigenvalue weighted by atomic mass is 32.2. The van der Waals surface area contributed by atoms with E-state index in [1.54, 1.807) is 16.4 Å². The first-order valence-electron chi connectivity index (χ1n) is 7.87. The minimum atomic E-state index is -3.35. The molecule has 5 heteroatoms. The lowest BCUT2D eigenvalue weighted by Crippen LogP contribution is -2.32. The van der Waals surface area contributed by atoms with Crippen molar-refractivity contribution in [1.82, 2.24) is 4.31 Å². The first kappa shape index (κ1) is 16.5. The lowest BCUT2D eigenvalue weighted by Gasteiger charge is -2.20. The Bertz CT molecular complexity index is 540. The molecule has 1 aliphatic heterocycles. The molecule has 1 unspecified atom stereocenters. The smallest absolute Gasteiger partial charge is 0.243 e. The summed E-state index contributed by atoms with van der Waals surface area (Å²) in [6.07, 6.45) is 4.99. The van der Waals surface area contributed by atoms with Crippen molar-refractivity contribution in [2.75, 3.05) is 19.6 Å². The highest BCUT2D eigenvalue weighted by Gasteiger charge is 2.26. The van der Waals surface area contributed by atoms with E-state index in [0.717, 1.165) is 37.7 Å². The summed E-state index contributed by atoms with van der Waals surface area (Å²) in [4.78, 5) is 0.401. The summed E-state index contributed by atoms with van der Waals surface area (Å²) in [6, 6.07) is 7.16. The van der Waals surface area contributed by atoms with Gasteiger partial charge < -0.3 is 5.73 Å². The molecule has 1 atom stereocenters. The highest BCUT2D eigenvalue weighted by Crippen LogP contribution is 2.25. The maximum atomic E-state index is 12.7.